The SMILES string of the molecule is CN=C(NCc1ccc2c(c1)CCCN2C)NC1CCN(C2CCCC2)C1. The fraction of sp³-hybridized carbons (Fsp3) is 0.682. The average molecular weight is 370 g/mol. The molecule has 2 aliphatic heterocycles. The zero-order chi connectivity index (χ0) is 18.6. The Balaban J connectivity index is 1.28. The van der Waals surface area contributed by atoms with Gasteiger partial charge in [0.2, 0.25) is 0 Å². The third kappa shape index (κ3) is 4.40. The second-order valence-electron chi connectivity index (χ2n) is 8.48. The second kappa shape index (κ2) is 8.51. The molecule has 148 valence electrons. The maximum Gasteiger partial charge on any atom is 0.191 e. The lowest BCUT2D eigenvalue weighted by Gasteiger charge is -2.28. The van der Waals surface area contributed by atoms with E-state index >= 15 is 0 Å². The summed E-state index contributed by atoms with van der Waals surface area (Å²) in [4.78, 5) is 9.52. The molecule has 1 aromatic carbocycles. The molecule has 1 saturated carbocycles. The Kier molecular flexibility index (Phi) is 5.86. The van der Waals surface area contributed by atoms with Crippen molar-refractivity contribution in [3.63, 3.8) is 0 Å². The highest BCUT2D eigenvalue weighted by Gasteiger charge is 2.30. The summed E-state index contributed by atoms with van der Waals surface area (Å²) < 4.78 is 0. The minimum Gasteiger partial charge on any atom is -0.374 e. The van der Waals surface area contributed by atoms with Crippen LogP contribution in [0.3, 0.4) is 0 Å². The lowest BCUT2D eigenvalue weighted by molar-refractivity contribution is 0.242. The van der Waals surface area contributed by atoms with Crippen molar-refractivity contribution in [2.45, 2.75) is 63.6 Å². The van der Waals surface area contributed by atoms with E-state index in [9.17, 15) is 0 Å². The number of likely N-dealkylation sites (tertiary alicyclic amines) is 1. The lowest BCUT2D eigenvalue weighted by atomic mass is 9.99. The molecule has 0 aromatic heterocycles. The van der Waals surface area contributed by atoms with Crippen LogP contribution in [0.2, 0.25) is 0 Å². The highest BCUT2D eigenvalue weighted by atomic mass is 15.3. The Morgan fingerprint density at radius 1 is 1.15 bits per heavy atom. The maximum atomic E-state index is 4.46. The Morgan fingerprint density at radius 2 is 2.00 bits per heavy atom. The standard InChI is InChI=1S/C22H35N5/c1-23-22(25-19-11-13-27(16-19)20-7-3-4-8-20)24-15-17-9-10-21-18(14-17)6-5-12-26(21)2/h9-10,14,19-20H,3-8,11-13,15-16H2,1-2H3,(H2,23,24,25). The van der Waals surface area contributed by atoms with Crippen LogP contribution >= 0.6 is 0 Å². The lowest BCUT2D eigenvalue weighted by Crippen LogP contribution is -2.45. The van der Waals surface area contributed by atoms with Gasteiger partial charge < -0.3 is 15.5 Å². The monoisotopic (exact) mass is 369 g/mol. The normalized spacial score (nSPS) is 24.3. The minimum absolute atomic E-state index is 0.522. The quantitative estimate of drug-likeness (QED) is 0.633. The molecule has 4 rings (SSSR count). The van der Waals surface area contributed by atoms with Crippen LogP contribution in [0.4, 0.5) is 5.69 Å². The van der Waals surface area contributed by atoms with E-state index in [0.29, 0.717) is 6.04 Å². The maximum absolute atomic E-state index is 4.46. The fourth-order valence-corrected chi connectivity index (χ4v) is 5.03. The molecule has 3 aliphatic rings. The van der Waals surface area contributed by atoms with Gasteiger partial charge in [-0.2, -0.15) is 0 Å². The van der Waals surface area contributed by atoms with Crippen molar-refractivity contribution >= 4 is 11.6 Å². The summed E-state index contributed by atoms with van der Waals surface area (Å²) >= 11 is 0. The number of nitrogens with zero attached hydrogens (tertiary/aromatic N) is 3. The van der Waals surface area contributed by atoms with E-state index in [2.05, 4.69) is 50.7 Å². The van der Waals surface area contributed by atoms with E-state index in [4.69, 9.17) is 0 Å². The number of hydrogen-bond acceptors (Lipinski definition) is 3. The zero-order valence-corrected chi connectivity index (χ0v) is 17.0. The molecule has 0 radical (unpaired) electrons. The molecule has 0 amide bonds. The smallest absolute Gasteiger partial charge is 0.191 e. The summed E-state index contributed by atoms with van der Waals surface area (Å²) in [5.41, 5.74) is 4.21. The third-order valence-corrected chi connectivity index (χ3v) is 6.58. The van der Waals surface area contributed by atoms with E-state index in [1.165, 1.54) is 74.8 Å². The topological polar surface area (TPSA) is 42.9 Å². The number of aryl methyl sites for hydroxylation is 1. The van der Waals surface area contributed by atoms with E-state index < -0.39 is 0 Å². The summed E-state index contributed by atoms with van der Waals surface area (Å²) in [7, 11) is 4.07. The van der Waals surface area contributed by atoms with Crippen LogP contribution in [-0.2, 0) is 13.0 Å². The summed E-state index contributed by atoms with van der Waals surface area (Å²) in [6, 6.07) is 8.24. The van der Waals surface area contributed by atoms with Gasteiger partial charge in [0.25, 0.3) is 0 Å². The predicted octanol–water partition coefficient (Wildman–Crippen LogP) is 2.75. The van der Waals surface area contributed by atoms with E-state index in [1.54, 1.807) is 0 Å². The van der Waals surface area contributed by atoms with Crippen molar-refractivity contribution in [1.29, 1.82) is 0 Å². The number of fused-ring (bicyclic) bond motifs is 1. The molecule has 0 spiro atoms. The number of rotatable bonds is 4. The van der Waals surface area contributed by atoms with Crippen molar-refractivity contribution in [3.8, 4) is 0 Å². The van der Waals surface area contributed by atoms with Crippen molar-refractivity contribution < 1.29 is 0 Å². The molecule has 1 aliphatic carbocycles. The summed E-state index contributed by atoms with van der Waals surface area (Å²) in [5.74, 6) is 0.933. The van der Waals surface area contributed by atoms with Crippen molar-refractivity contribution in [2.24, 2.45) is 4.99 Å². The van der Waals surface area contributed by atoms with Gasteiger partial charge in [-0.15, -0.1) is 0 Å². The van der Waals surface area contributed by atoms with Gasteiger partial charge in [-0.25, -0.2) is 0 Å². The number of hydrogen-bond donors (Lipinski definition) is 2. The van der Waals surface area contributed by atoms with E-state index in [1.807, 2.05) is 7.05 Å². The van der Waals surface area contributed by atoms with Crippen molar-refractivity contribution in [2.75, 3.05) is 38.6 Å². The Labute approximate surface area is 164 Å². The summed E-state index contributed by atoms with van der Waals surface area (Å²) in [6.07, 6.45) is 9.29. The van der Waals surface area contributed by atoms with E-state index in [-0.39, 0.29) is 0 Å². The zero-order valence-electron chi connectivity index (χ0n) is 17.0. The average Bonchev–Trinajstić information content (AvgIpc) is 3.37. The van der Waals surface area contributed by atoms with Gasteiger partial charge in [-0.05, 0) is 49.3 Å². The van der Waals surface area contributed by atoms with Crippen LogP contribution in [0.5, 0.6) is 0 Å². The van der Waals surface area contributed by atoms with Gasteiger partial charge in [-0.1, -0.05) is 25.0 Å². The van der Waals surface area contributed by atoms with E-state index in [0.717, 1.165) is 25.1 Å². The second-order valence-corrected chi connectivity index (χ2v) is 8.48. The summed E-state index contributed by atoms with van der Waals surface area (Å²) in [6.45, 7) is 4.39. The minimum atomic E-state index is 0.522. The molecule has 2 heterocycles. The van der Waals surface area contributed by atoms with Gasteiger partial charge in [0, 0.05) is 58.0 Å². The van der Waals surface area contributed by atoms with Crippen LogP contribution in [0, 0.1) is 0 Å². The first-order chi connectivity index (χ1) is 13.2. The Bertz CT molecular complexity index is 665. The van der Waals surface area contributed by atoms with Gasteiger partial charge in [0.15, 0.2) is 5.96 Å². The van der Waals surface area contributed by atoms with Crippen molar-refractivity contribution in [3.05, 3.63) is 29.3 Å². The number of guanidine groups is 1. The molecule has 1 aromatic rings. The van der Waals surface area contributed by atoms with Gasteiger partial charge in [-0.3, -0.25) is 9.89 Å². The van der Waals surface area contributed by atoms with Gasteiger partial charge in [0.1, 0.15) is 0 Å². The fourth-order valence-electron chi connectivity index (χ4n) is 5.03. The number of nitrogens with one attached hydrogen (secondary N) is 2. The first-order valence-electron chi connectivity index (χ1n) is 10.8. The summed E-state index contributed by atoms with van der Waals surface area (Å²) in [5, 5.41) is 7.17. The largest absolute Gasteiger partial charge is 0.374 e. The highest BCUT2D eigenvalue weighted by molar-refractivity contribution is 5.80. The van der Waals surface area contributed by atoms with Crippen LogP contribution in [-0.4, -0.2) is 56.7 Å². The molecule has 1 atom stereocenters. The molecule has 2 fully saturated rings. The highest BCUT2D eigenvalue weighted by Crippen LogP contribution is 2.27. The molecule has 0 bridgehead atoms. The van der Waals surface area contributed by atoms with Crippen LogP contribution in [0.1, 0.15) is 49.7 Å². The number of benzene rings is 1. The third-order valence-electron chi connectivity index (χ3n) is 6.58. The predicted molar refractivity (Wildman–Crippen MR) is 114 cm³/mol. The van der Waals surface area contributed by atoms with Crippen LogP contribution < -0.4 is 15.5 Å². The van der Waals surface area contributed by atoms with Gasteiger partial charge in [0.05, 0.1) is 0 Å². The molecule has 5 heteroatoms. The number of aliphatic imine (C=N–C) groups is 1. The molecule has 1 unspecified atom stereocenters. The Morgan fingerprint density at radius 3 is 2.81 bits per heavy atom. The first-order valence-corrected chi connectivity index (χ1v) is 10.8. The molecular formula is C22H35N5. The molecule has 27 heavy (non-hydrogen) atoms. The first kappa shape index (κ1) is 18.6. The van der Waals surface area contributed by atoms with Crippen molar-refractivity contribution in [1.82, 2.24) is 15.5 Å². The Hall–Kier alpha value is -1.75. The molecule has 5 nitrogen and oxygen atoms in total. The molecule has 1 saturated heterocycles. The van der Waals surface area contributed by atoms with Crippen LogP contribution in [0.25, 0.3) is 0 Å². The van der Waals surface area contributed by atoms with Crippen LogP contribution in [0.15, 0.2) is 23.2 Å². The molecule has 2 N–H and O–H groups in total. The van der Waals surface area contributed by atoms with Gasteiger partial charge >= 0.3 is 0 Å². The molecular weight excluding hydrogens is 334 g/mol. The number of anilines is 1.